The maximum Gasteiger partial charge on any atom is 0.314 e. The van der Waals surface area contributed by atoms with E-state index in [-0.39, 0.29) is 18.7 Å². The smallest absolute Gasteiger partial charge is 0.314 e. The maximum atomic E-state index is 11.4. The Morgan fingerprint density at radius 2 is 1.53 bits per heavy atom. The third kappa shape index (κ3) is 10.5. The van der Waals surface area contributed by atoms with E-state index in [0.717, 1.165) is 32.1 Å². The molecule has 0 aliphatic carbocycles. The number of esters is 2. The van der Waals surface area contributed by atoms with Gasteiger partial charge in [0.2, 0.25) is 6.79 Å². The minimum atomic E-state index is -0.579. The first-order chi connectivity index (χ1) is 8.88. The summed E-state index contributed by atoms with van der Waals surface area (Å²) in [4.78, 5) is 22.7. The predicted octanol–water partition coefficient (Wildman–Crippen LogP) is 2.70. The molecule has 0 unspecified atom stereocenters. The summed E-state index contributed by atoms with van der Waals surface area (Å²) in [7, 11) is 0. The van der Waals surface area contributed by atoms with Crippen molar-refractivity contribution in [2.45, 2.75) is 59.3 Å². The second-order valence-electron chi connectivity index (χ2n) is 5.58. The molecule has 0 atom stereocenters. The van der Waals surface area contributed by atoms with Gasteiger partial charge >= 0.3 is 11.9 Å². The third-order valence-corrected chi connectivity index (χ3v) is 2.58. The van der Waals surface area contributed by atoms with E-state index < -0.39 is 5.41 Å². The van der Waals surface area contributed by atoms with Gasteiger partial charge in [-0.1, -0.05) is 19.3 Å². The Labute approximate surface area is 115 Å². The molecule has 0 amide bonds. The fraction of sp³-hybridized carbons (Fsp3) is 0.857. The van der Waals surface area contributed by atoms with Gasteiger partial charge in [-0.05, 0) is 33.6 Å². The molecule has 0 aliphatic rings. The Morgan fingerprint density at radius 3 is 2.11 bits per heavy atom. The first kappa shape index (κ1) is 17.9. The molecule has 0 saturated carbocycles. The van der Waals surface area contributed by atoms with Crippen LogP contribution in [0.15, 0.2) is 0 Å². The fourth-order valence-corrected chi connectivity index (χ4v) is 1.36. The SMILES string of the molecule is CC(C)(C)C(=O)OCOC(=O)CCCCCCC[NH]. The molecule has 1 N–H and O–H groups in total. The molecular weight excluding hydrogens is 246 g/mol. The summed E-state index contributed by atoms with van der Waals surface area (Å²) in [6.45, 7) is 5.41. The molecule has 0 aliphatic heterocycles. The first-order valence-corrected chi connectivity index (χ1v) is 6.85. The quantitative estimate of drug-likeness (QED) is 0.367. The van der Waals surface area contributed by atoms with Crippen LogP contribution in [0, 0.1) is 5.41 Å². The van der Waals surface area contributed by atoms with Crippen molar-refractivity contribution in [3.05, 3.63) is 0 Å². The Bertz CT molecular complexity index is 271. The molecule has 19 heavy (non-hydrogen) atoms. The second kappa shape index (κ2) is 9.78. The van der Waals surface area contributed by atoms with E-state index in [0.29, 0.717) is 13.0 Å². The summed E-state index contributed by atoms with van der Waals surface area (Å²) in [5.41, 5.74) is 6.41. The van der Waals surface area contributed by atoms with Crippen LogP contribution in [0.25, 0.3) is 0 Å². The van der Waals surface area contributed by atoms with Gasteiger partial charge in [0.1, 0.15) is 0 Å². The maximum absolute atomic E-state index is 11.4. The largest absolute Gasteiger partial charge is 0.428 e. The van der Waals surface area contributed by atoms with Crippen LogP contribution in [-0.4, -0.2) is 25.3 Å². The summed E-state index contributed by atoms with van der Waals surface area (Å²) < 4.78 is 9.66. The summed E-state index contributed by atoms with van der Waals surface area (Å²) in [6, 6.07) is 0. The van der Waals surface area contributed by atoms with Crippen molar-refractivity contribution in [2.75, 3.05) is 13.3 Å². The van der Waals surface area contributed by atoms with Crippen molar-refractivity contribution >= 4 is 11.9 Å². The average molecular weight is 272 g/mol. The van der Waals surface area contributed by atoms with E-state index in [9.17, 15) is 9.59 Å². The molecule has 0 saturated heterocycles. The molecule has 5 nitrogen and oxygen atoms in total. The van der Waals surface area contributed by atoms with Gasteiger partial charge < -0.3 is 9.47 Å². The molecule has 0 rings (SSSR count). The van der Waals surface area contributed by atoms with Gasteiger partial charge in [-0.3, -0.25) is 15.3 Å². The molecular formula is C14H26NO4. The lowest BCUT2D eigenvalue weighted by molar-refractivity contribution is -0.173. The number of carbonyl (C=O) groups excluding carboxylic acids is 2. The Hall–Kier alpha value is -1.10. The van der Waals surface area contributed by atoms with Crippen LogP contribution in [-0.2, 0) is 19.1 Å². The van der Waals surface area contributed by atoms with E-state index in [1.807, 2.05) is 0 Å². The van der Waals surface area contributed by atoms with Crippen molar-refractivity contribution in [3.63, 3.8) is 0 Å². The fourth-order valence-electron chi connectivity index (χ4n) is 1.36. The van der Waals surface area contributed by atoms with Gasteiger partial charge in [-0.2, -0.15) is 0 Å². The highest BCUT2D eigenvalue weighted by Gasteiger charge is 2.23. The number of rotatable bonds is 9. The van der Waals surface area contributed by atoms with Gasteiger partial charge in [0.15, 0.2) is 0 Å². The summed E-state index contributed by atoms with van der Waals surface area (Å²) in [6.07, 6.45) is 5.12. The molecule has 111 valence electrons. The molecule has 1 radical (unpaired) electrons. The number of hydrogen-bond acceptors (Lipinski definition) is 4. The molecule has 0 spiro atoms. The number of ether oxygens (including phenoxy) is 2. The molecule has 0 aromatic carbocycles. The number of nitrogens with one attached hydrogen (secondary N) is 1. The van der Waals surface area contributed by atoms with E-state index in [1.54, 1.807) is 20.8 Å². The molecule has 0 fully saturated rings. The Kier molecular flexibility index (Phi) is 9.21. The zero-order valence-electron chi connectivity index (χ0n) is 12.3. The lowest BCUT2D eigenvalue weighted by Gasteiger charge is -2.16. The predicted molar refractivity (Wildman–Crippen MR) is 72.2 cm³/mol. The van der Waals surface area contributed by atoms with Crippen LogP contribution in [0.5, 0.6) is 0 Å². The average Bonchev–Trinajstić information content (AvgIpc) is 2.32. The molecule has 0 aromatic heterocycles. The molecule has 5 heteroatoms. The minimum absolute atomic E-state index is 0.298. The van der Waals surface area contributed by atoms with Gasteiger partial charge in [0, 0.05) is 13.0 Å². The van der Waals surface area contributed by atoms with Gasteiger partial charge in [0.05, 0.1) is 5.41 Å². The highest BCUT2D eigenvalue weighted by atomic mass is 16.7. The first-order valence-electron chi connectivity index (χ1n) is 6.85. The van der Waals surface area contributed by atoms with Crippen molar-refractivity contribution in [3.8, 4) is 0 Å². The van der Waals surface area contributed by atoms with Crippen LogP contribution >= 0.6 is 0 Å². The summed E-state index contributed by atoms with van der Waals surface area (Å²) in [5.74, 6) is -0.710. The second-order valence-corrected chi connectivity index (χ2v) is 5.58. The van der Waals surface area contributed by atoms with Crippen molar-refractivity contribution in [1.82, 2.24) is 5.73 Å². The van der Waals surface area contributed by atoms with Crippen molar-refractivity contribution < 1.29 is 19.1 Å². The van der Waals surface area contributed by atoms with Crippen LogP contribution in [0.2, 0.25) is 0 Å². The molecule has 0 bridgehead atoms. The van der Waals surface area contributed by atoms with E-state index in [2.05, 4.69) is 0 Å². The van der Waals surface area contributed by atoms with Crippen molar-refractivity contribution in [2.24, 2.45) is 5.41 Å². The number of unbranched alkanes of at least 4 members (excludes halogenated alkanes) is 4. The summed E-state index contributed by atoms with van der Waals surface area (Å²) in [5, 5.41) is 0. The standard InChI is InChI=1S/C14H26NO4/c1-14(2,3)13(17)19-11-18-12(16)9-7-5-4-6-8-10-15/h15H,4-11H2,1-3H3. The van der Waals surface area contributed by atoms with E-state index in [4.69, 9.17) is 15.2 Å². The lowest BCUT2D eigenvalue weighted by atomic mass is 9.98. The third-order valence-electron chi connectivity index (χ3n) is 2.58. The normalized spacial score (nSPS) is 11.2. The number of carbonyl (C=O) groups is 2. The highest BCUT2D eigenvalue weighted by Crippen LogP contribution is 2.15. The van der Waals surface area contributed by atoms with Crippen LogP contribution in [0.1, 0.15) is 59.3 Å². The van der Waals surface area contributed by atoms with E-state index in [1.165, 1.54) is 0 Å². The topological polar surface area (TPSA) is 76.4 Å². The van der Waals surface area contributed by atoms with E-state index >= 15 is 0 Å². The van der Waals surface area contributed by atoms with Crippen LogP contribution in [0.4, 0.5) is 0 Å². The lowest BCUT2D eigenvalue weighted by Crippen LogP contribution is -2.24. The minimum Gasteiger partial charge on any atom is -0.428 e. The van der Waals surface area contributed by atoms with Crippen LogP contribution in [0.3, 0.4) is 0 Å². The zero-order valence-corrected chi connectivity index (χ0v) is 12.3. The van der Waals surface area contributed by atoms with Gasteiger partial charge in [-0.15, -0.1) is 0 Å². The monoisotopic (exact) mass is 272 g/mol. The number of hydrogen-bond donors (Lipinski definition) is 0. The van der Waals surface area contributed by atoms with Gasteiger partial charge in [-0.25, -0.2) is 0 Å². The van der Waals surface area contributed by atoms with Gasteiger partial charge in [0.25, 0.3) is 0 Å². The van der Waals surface area contributed by atoms with Crippen molar-refractivity contribution in [1.29, 1.82) is 0 Å². The zero-order chi connectivity index (χ0) is 14.7. The Morgan fingerprint density at radius 1 is 0.947 bits per heavy atom. The molecule has 0 aromatic rings. The highest BCUT2D eigenvalue weighted by molar-refractivity contribution is 5.75. The Balaban J connectivity index is 3.48. The van der Waals surface area contributed by atoms with Crippen LogP contribution < -0.4 is 5.73 Å². The summed E-state index contributed by atoms with van der Waals surface area (Å²) >= 11 is 0. The molecule has 0 heterocycles.